The lowest BCUT2D eigenvalue weighted by molar-refractivity contribution is -0.125. The molecule has 2 aromatic rings. The van der Waals surface area contributed by atoms with E-state index < -0.39 is 0 Å². The van der Waals surface area contributed by atoms with E-state index in [1.54, 1.807) is 17.8 Å². The topological polar surface area (TPSA) is 32.3 Å². The number of rotatable bonds is 7. The molecular formula is C22H26Cl2N2OS. The SMILES string of the molecule is Cc1ccc(N2CCC(C(=O)NCCSCc3ccc(Cl)cc3Cl)CC2)cc1. The summed E-state index contributed by atoms with van der Waals surface area (Å²) in [5.74, 6) is 2.00. The smallest absolute Gasteiger partial charge is 0.223 e. The van der Waals surface area contributed by atoms with Gasteiger partial charge in [0.1, 0.15) is 0 Å². The summed E-state index contributed by atoms with van der Waals surface area (Å²) in [5.41, 5.74) is 3.60. The van der Waals surface area contributed by atoms with Gasteiger partial charge in [0.2, 0.25) is 5.91 Å². The summed E-state index contributed by atoms with van der Waals surface area (Å²) >= 11 is 13.9. The maximum absolute atomic E-state index is 12.4. The largest absolute Gasteiger partial charge is 0.371 e. The molecule has 1 aliphatic rings. The van der Waals surface area contributed by atoms with Gasteiger partial charge in [0.05, 0.1) is 0 Å². The number of halogens is 2. The maximum atomic E-state index is 12.4. The Morgan fingerprint density at radius 3 is 2.54 bits per heavy atom. The van der Waals surface area contributed by atoms with Crippen molar-refractivity contribution in [2.24, 2.45) is 5.92 Å². The highest BCUT2D eigenvalue weighted by molar-refractivity contribution is 7.98. The Labute approximate surface area is 181 Å². The average molecular weight is 437 g/mol. The molecule has 0 spiro atoms. The number of hydrogen-bond acceptors (Lipinski definition) is 3. The Kier molecular flexibility index (Phi) is 7.95. The molecule has 0 aliphatic carbocycles. The van der Waals surface area contributed by atoms with Gasteiger partial charge >= 0.3 is 0 Å². The van der Waals surface area contributed by atoms with E-state index in [4.69, 9.17) is 23.2 Å². The van der Waals surface area contributed by atoms with Crippen LogP contribution in [-0.2, 0) is 10.5 Å². The van der Waals surface area contributed by atoms with Crippen LogP contribution in [0, 0.1) is 12.8 Å². The summed E-state index contributed by atoms with van der Waals surface area (Å²) in [6.45, 7) is 4.66. The van der Waals surface area contributed by atoms with Crippen molar-refractivity contribution in [3.8, 4) is 0 Å². The van der Waals surface area contributed by atoms with E-state index in [-0.39, 0.29) is 11.8 Å². The first-order valence-electron chi connectivity index (χ1n) is 9.64. The molecule has 0 saturated carbocycles. The third kappa shape index (κ3) is 6.07. The number of amides is 1. The van der Waals surface area contributed by atoms with Crippen molar-refractivity contribution in [2.45, 2.75) is 25.5 Å². The van der Waals surface area contributed by atoms with Gasteiger partial charge in [0.15, 0.2) is 0 Å². The van der Waals surface area contributed by atoms with Gasteiger partial charge < -0.3 is 10.2 Å². The summed E-state index contributed by atoms with van der Waals surface area (Å²) in [5, 5.41) is 4.44. The Hall–Kier alpha value is -1.36. The number of thioether (sulfide) groups is 1. The van der Waals surface area contributed by atoms with Crippen LogP contribution in [0.4, 0.5) is 5.69 Å². The molecule has 0 unspecified atom stereocenters. The van der Waals surface area contributed by atoms with Crippen LogP contribution in [0.25, 0.3) is 0 Å². The van der Waals surface area contributed by atoms with Crippen molar-refractivity contribution in [1.82, 2.24) is 5.32 Å². The van der Waals surface area contributed by atoms with Gasteiger partial charge in [0, 0.05) is 52.8 Å². The molecule has 2 aromatic carbocycles. The zero-order chi connectivity index (χ0) is 19.9. The van der Waals surface area contributed by atoms with Crippen LogP contribution in [0.3, 0.4) is 0 Å². The van der Waals surface area contributed by atoms with Crippen LogP contribution in [-0.4, -0.2) is 31.3 Å². The van der Waals surface area contributed by atoms with Crippen molar-refractivity contribution >= 4 is 46.6 Å². The highest BCUT2D eigenvalue weighted by Crippen LogP contribution is 2.25. The zero-order valence-corrected chi connectivity index (χ0v) is 18.4. The molecule has 1 heterocycles. The highest BCUT2D eigenvalue weighted by atomic mass is 35.5. The molecular weight excluding hydrogens is 411 g/mol. The molecule has 1 saturated heterocycles. The monoisotopic (exact) mass is 436 g/mol. The van der Waals surface area contributed by atoms with E-state index in [0.717, 1.165) is 43.0 Å². The number of anilines is 1. The summed E-state index contributed by atoms with van der Waals surface area (Å²) < 4.78 is 0. The van der Waals surface area contributed by atoms with Crippen LogP contribution in [0.5, 0.6) is 0 Å². The normalized spacial score (nSPS) is 14.9. The summed E-state index contributed by atoms with van der Waals surface area (Å²) in [4.78, 5) is 14.8. The van der Waals surface area contributed by atoms with Crippen molar-refractivity contribution in [3.05, 3.63) is 63.6 Å². The van der Waals surface area contributed by atoms with Gasteiger partial charge in [-0.05, 0) is 49.6 Å². The molecule has 3 nitrogen and oxygen atoms in total. The quantitative estimate of drug-likeness (QED) is 0.575. The molecule has 1 N–H and O–H groups in total. The molecule has 1 fully saturated rings. The molecule has 0 aromatic heterocycles. The van der Waals surface area contributed by atoms with E-state index in [2.05, 4.69) is 41.4 Å². The first-order chi connectivity index (χ1) is 13.5. The fourth-order valence-corrected chi connectivity index (χ4v) is 4.78. The lowest BCUT2D eigenvalue weighted by Gasteiger charge is -2.33. The van der Waals surface area contributed by atoms with E-state index in [1.165, 1.54) is 11.3 Å². The van der Waals surface area contributed by atoms with Gasteiger partial charge in [-0.2, -0.15) is 11.8 Å². The minimum absolute atomic E-state index is 0.123. The zero-order valence-electron chi connectivity index (χ0n) is 16.1. The Morgan fingerprint density at radius 1 is 1.14 bits per heavy atom. The van der Waals surface area contributed by atoms with E-state index in [0.29, 0.717) is 16.6 Å². The summed E-state index contributed by atoms with van der Waals surface area (Å²) in [7, 11) is 0. The number of nitrogens with one attached hydrogen (secondary N) is 1. The highest BCUT2D eigenvalue weighted by Gasteiger charge is 2.24. The van der Waals surface area contributed by atoms with Gasteiger partial charge in [-0.25, -0.2) is 0 Å². The minimum atomic E-state index is 0.123. The second-order valence-electron chi connectivity index (χ2n) is 7.18. The Morgan fingerprint density at radius 2 is 1.86 bits per heavy atom. The average Bonchev–Trinajstić information content (AvgIpc) is 2.70. The Bertz CT molecular complexity index is 790. The predicted molar refractivity (Wildman–Crippen MR) is 122 cm³/mol. The second-order valence-corrected chi connectivity index (χ2v) is 9.13. The van der Waals surface area contributed by atoms with Crippen LogP contribution in [0.15, 0.2) is 42.5 Å². The first kappa shape index (κ1) is 21.4. The third-order valence-electron chi connectivity index (χ3n) is 5.08. The predicted octanol–water partition coefficient (Wildman–Crippen LogP) is 5.57. The van der Waals surface area contributed by atoms with Crippen molar-refractivity contribution < 1.29 is 4.79 Å². The maximum Gasteiger partial charge on any atom is 0.223 e. The van der Waals surface area contributed by atoms with E-state index >= 15 is 0 Å². The summed E-state index contributed by atoms with van der Waals surface area (Å²) in [6, 6.07) is 14.2. The number of nitrogens with zero attached hydrogens (tertiary/aromatic N) is 1. The minimum Gasteiger partial charge on any atom is -0.371 e. The number of piperidine rings is 1. The fraction of sp³-hybridized carbons (Fsp3) is 0.409. The van der Waals surface area contributed by atoms with Crippen molar-refractivity contribution in [3.63, 3.8) is 0 Å². The lowest BCUT2D eigenvalue weighted by atomic mass is 9.95. The molecule has 1 amide bonds. The molecule has 6 heteroatoms. The van der Waals surface area contributed by atoms with Crippen molar-refractivity contribution in [2.75, 3.05) is 30.3 Å². The number of hydrogen-bond donors (Lipinski definition) is 1. The molecule has 0 atom stereocenters. The number of carbonyl (C=O) groups excluding carboxylic acids is 1. The third-order valence-corrected chi connectivity index (χ3v) is 6.68. The molecule has 1 aliphatic heterocycles. The molecule has 150 valence electrons. The van der Waals surface area contributed by atoms with Crippen LogP contribution in [0.2, 0.25) is 10.0 Å². The van der Waals surface area contributed by atoms with E-state index in [1.807, 2.05) is 12.1 Å². The number of carbonyl (C=O) groups is 1. The second kappa shape index (κ2) is 10.4. The van der Waals surface area contributed by atoms with Crippen molar-refractivity contribution in [1.29, 1.82) is 0 Å². The molecule has 0 bridgehead atoms. The van der Waals surface area contributed by atoms with Gasteiger partial charge in [-0.15, -0.1) is 0 Å². The first-order valence-corrected chi connectivity index (χ1v) is 11.5. The fourth-order valence-electron chi connectivity index (χ4n) is 3.37. The number of aryl methyl sites for hydroxylation is 1. The number of benzene rings is 2. The standard InChI is InChI=1S/C22H26Cl2N2OS/c1-16-2-6-20(7-3-16)26-11-8-17(9-12-26)22(27)25-10-13-28-15-18-4-5-19(23)14-21(18)24/h2-7,14,17H,8-13,15H2,1H3,(H,25,27). The Balaban J connectivity index is 1.34. The van der Waals surface area contributed by atoms with Gasteiger partial charge in [-0.1, -0.05) is 47.0 Å². The van der Waals surface area contributed by atoms with Crippen LogP contribution in [0.1, 0.15) is 24.0 Å². The van der Waals surface area contributed by atoms with E-state index in [9.17, 15) is 4.79 Å². The van der Waals surface area contributed by atoms with Gasteiger partial charge in [-0.3, -0.25) is 4.79 Å². The van der Waals surface area contributed by atoms with Crippen LogP contribution >= 0.6 is 35.0 Å². The van der Waals surface area contributed by atoms with Gasteiger partial charge in [0.25, 0.3) is 0 Å². The molecule has 28 heavy (non-hydrogen) atoms. The van der Waals surface area contributed by atoms with Crippen LogP contribution < -0.4 is 10.2 Å². The molecule has 3 rings (SSSR count). The molecule has 0 radical (unpaired) electrons. The summed E-state index contributed by atoms with van der Waals surface area (Å²) in [6.07, 6.45) is 1.82. The lowest BCUT2D eigenvalue weighted by Crippen LogP contribution is -2.41.